The summed E-state index contributed by atoms with van der Waals surface area (Å²) in [7, 11) is 0. The number of ketones is 1. The molecule has 0 saturated heterocycles. The molecule has 0 spiro atoms. The van der Waals surface area contributed by atoms with E-state index in [0.29, 0.717) is 47.5 Å². The smallest absolute Gasteiger partial charge is 0.210 e. The third-order valence-electron chi connectivity index (χ3n) is 2.92. The normalized spacial score (nSPS) is 10.3. The largest absolute Gasteiger partial charge is 0.494 e. The maximum Gasteiger partial charge on any atom is 0.210 e. The molecule has 2 aromatic rings. The number of thiophene rings is 1. The summed E-state index contributed by atoms with van der Waals surface area (Å²) in [5.41, 5.74) is 0.453. The Bertz CT molecular complexity index is 593. The molecule has 118 valence electrons. The minimum atomic E-state index is -0.0926. The van der Waals surface area contributed by atoms with Crippen molar-refractivity contribution in [2.75, 3.05) is 19.8 Å². The lowest BCUT2D eigenvalue weighted by Crippen LogP contribution is -2.08. The highest BCUT2D eigenvalue weighted by atomic mass is 32.1. The van der Waals surface area contributed by atoms with Gasteiger partial charge in [-0.2, -0.15) is 0 Å². The molecule has 0 bridgehead atoms. The summed E-state index contributed by atoms with van der Waals surface area (Å²) < 4.78 is 16.8. The first kappa shape index (κ1) is 16.4. The van der Waals surface area contributed by atoms with E-state index in [-0.39, 0.29) is 5.78 Å². The number of carbonyl (C=O) groups is 1. The Kier molecular flexibility index (Phi) is 5.83. The zero-order valence-corrected chi connectivity index (χ0v) is 13.9. The van der Waals surface area contributed by atoms with E-state index in [1.54, 1.807) is 18.2 Å². The lowest BCUT2D eigenvalue weighted by molar-refractivity contribution is 0.103. The molecular weight excluding hydrogens is 300 g/mol. The summed E-state index contributed by atoms with van der Waals surface area (Å²) in [6.07, 6.45) is 0. The van der Waals surface area contributed by atoms with Crippen molar-refractivity contribution < 1.29 is 19.0 Å². The van der Waals surface area contributed by atoms with Crippen molar-refractivity contribution in [1.82, 2.24) is 0 Å². The summed E-state index contributed by atoms with van der Waals surface area (Å²) in [4.78, 5) is 13.4. The number of rotatable bonds is 8. The van der Waals surface area contributed by atoms with Crippen molar-refractivity contribution in [2.45, 2.75) is 20.8 Å². The van der Waals surface area contributed by atoms with E-state index in [2.05, 4.69) is 0 Å². The Morgan fingerprint density at radius 3 is 2.05 bits per heavy atom. The maximum atomic E-state index is 12.8. The van der Waals surface area contributed by atoms with Gasteiger partial charge < -0.3 is 14.2 Å². The van der Waals surface area contributed by atoms with Gasteiger partial charge in [0.05, 0.1) is 24.7 Å². The number of hydrogen-bond donors (Lipinski definition) is 0. The summed E-state index contributed by atoms with van der Waals surface area (Å²) >= 11 is 1.40. The highest BCUT2D eigenvalue weighted by Gasteiger charge is 2.23. The second kappa shape index (κ2) is 7.84. The van der Waals surface area contributed by atoms with Gasteiger partial charge in [0, 0.05) is 12.1 Å². The Balaban J connectivity index is 2.54. The van der Waals surface area contributed by atoms with Gasteiger partial charge in [-0.05, 0) is 32.2 Å². The molecule has 0 aliphatic heterocycles. The van der Waals surface area contributed by atoms with Crippen LogP contribution < -0.4 is 14.2 Å². The molecule has 2 rings (SSSR count). The van der Waals surface area contributed by atoms with Gasteiger partial charge in [0.1, 0.15) is 22.8 Å². The summed E-state index contributed by atoms with van der Waals surface area (Å²) in [6.45, 7) is 7.14. The van der Waals surface area contributed by atoms with Crippen molar-refractivity contribution in [3.8, 4) is 17.2 Å². The first-order chi connectivity index (χ1) is 10.7. The molecule has 0 aliphatic carbocycles. The molecule has 5 heteroatoms. The van der Waals surface area contributed by atoms with Crippen molar-refractivity contribution in [2.24, 2.45) is 0 Å². The molecule has 0 radical (unpaired) electrons. The third kappa shape index (κ3) is 3.60. The molecule has 0 saturated carbocycles. The number of benzene rings is 1. The third-order valence-corrected chi connectivity index (χ3v) is 3.79. The monoisotopic (exact) mass is 320 g/mol. The summed E-state index contributed by atoms with van der Waals surface area (Å²) in [6, 6.07) is 7.15. The Labute approximate surface area is 134 Å². The average Bonchev–Trinajstić information content (AvgIpc) is 3.02. The van der Waals surface area contributed by atoms with Gasteiger partial charge in [-0.3, -0.25) is 4.79 Å². The molecule has 0 N–H and O–H groups in total. The molecule has 0 aliphatic rings. The first-order valence-electron chi connectivity index (χ1n) is 7.35. The van der Waals surface area contributed by atoms with Crippen LogP contribution in [0.5, 0.6) is 17.2 Å². The van der Waals surface area contributed by atoms with Gasteiger partial charge in [0.25, 0.3) is 0 Å². The minimum Gasteiger partial charge on any atom is -0.494 e. The van der Waals surface area contributed by atoms with E-state index >= 15 is 0 Å². The second-order valence-electron chi connectivity index (χ2n) is 4.40. The van der Waals surface area contributed by atoms with Crippen LogP contribution in [0.4, 0.5) is 0 Å². The predicted molar refractivity (Wildman–Crippen MR) is 87.7 cm³/mol. The maximum absolute atomic E-state index is 12.8. The van der Waals surface area contributed by atoms with Crippen LogP contribution in [-0.4, -0.2) is 25.6 Å². The Morgan fingerprint density at radius 2 is 1.59 bits per heavy atom. The van der Waals surface area contributed by atoms with Gasteiger partial charge in [-0.15, -0.1) is 11.3 Å². The van der Waals surface area contributed by atoms with Crippen LogP contribution in [0.15, 0.2) is 29.6 Å². The highest BCUT2D eigenvalue weighted by Crippen LogP contribution is 2.36. The van der Waals surface area contributed by atoms with Crippen LogP contribution in [-0.2, 0) is 0 Å². The van der Waals surface area contributed by atoms with E-state index in [4.69, 9.17) is 14.2 Å². The van der Waals surface area contributed by atoms with Crippen LogP contribution in [0.2, 0.25) is 0 Å². The van der Waals surface area contributed by atoms with E-state index in [1.165, 1.54) is 11.3 Å². The average molecular weight is 320 g/mol. The molecule has 1 aromatic carbocycles. The van der Waals surface area contributed by atoms with E-state index in [0.717, 1.165) is 0 Å². The molecular formula is C17H20O4S. The minimum absolute atomic E-state index is 0.0926. The van der Waals surface area contributed by atoms with Crippen molar-refractivity contribution in [1.29, 1.82) is 0 Å². The molecule has 1 heterocycles. The lowest BCUT2D eigenvalue weighted by atomic mass is 10.1. The quantitative estimate of drug-likeness (QED) is 0.685. The van der Waals surface area contributed by atoms with Crippen LogP contribution >= 0.6 is 11.3 Å². The zero-order valence-electron chi connectivity index (χ0n) is 13.0. The van der Waals surface area contributed by atoms with Crippen LogP contribution in [0, 0.1) is 0 Å². The lowest BCUT2D eigenvalue weighted by Gasteiger charge is -2.16. The van der Waals surface area contributed by atoms with Crippen molar-refractivity contribution in [3.63, 3.8) is 0 Å². The topological polar surface area (TPSA) is 44.8 Å². The van der Waals surface area contributed by atoms with Gasteiger partial charge >= 0.3 is 0 Å². The Hall–Kier alpha value is -2.01. The molecule has 4 nitrogen and oxygen atoms in total. The van der Waals surface area contributed by atoms with E-state index in [1.807, 2.05) is 32.2 Å². The van der Waals surface area contributed by atoms with E-state index in [9.17, 15) is 4.79 Å². The summed E-state index contributed by atoms with van der Waals surface area (Å²) in [5.74, 6) is 1.53. The van der Waals surface area contributed by atoms with Crippen LogP contribution in [0.3, 0.4) is 0 Å². The molecule has 0 amide bonds. The SMILES string of the molecule is CCOc1cc(OCC)c(C(=O)c2cccs2)c(OCC)c1. The van der Waals surface area contributed by atoms with Gasteiger partial charge in [0.15, 0.2) is 0 Å². The number of ether oxygens (including phenoxy) is 3. The molecule has 0 unspecified atom stereocenters. The fourth-order valence-corrected chi connectivity index (χ4v) is 2.78. The second-order valence-corrected chi connectivity index (χ2v) is 5.35. The molecule has 22 heavy (non-hydrogen) atoms. The molecule has 1 aromatic heterocycles. The van der Waals surface area contributed by atoms with Gasteiger partial charge in [-0.25, -0.2) is 0 Å². The first-order valence-corrected chi connectivity index (χ1v) is 8.23. The summed E-state index contributed by atoms with van der Waals surface area (Å²) in [5, 5.41) is 1.88. The number of carbonyl (C=O) groups excluding carboxylic acids is 1. The molecule has 0 fully saturated rings. The van der Waals surface area contributed by atoms with Gasteiger partial charge in [0.2, 0.25) is 5.78 Å². The van der Waals surface area contributed by atoms with Crippen molar-refractivity contribution in [3.05, 3.63) is 40.1 Å². The zero-order chi connectivity index (χ0) is 15.9. The van der Waals surface area contributed by atoms with E-state index < -0.39 is 0 Å². The standard InChI is InChI=1S/C17H20O4S/c1-4-19-12-10-13(20-5-2)16(14(11-12)21-6-3)17(18)15-8-7-9-22-15/h7-11H,4-6H2,1-3H3. The fourth-order valence-electron chi connectivity index (χ4n) is 2.11. The van der Waals surface area contributed by atoms with Crippen LogP contribution in [0.1, 0.15) is 36.0 Å². The number of hydrogen-bond acceptors (Lipinski definition) is 5. The van der Waals surface area contributed by atoms with Crippen molar-refractivity contribution >= 4 is 17.1 Å². The van der Waals surface area contributed by atoms with Crippen LogP contribution in [0.25, 0.3) is 0 Å². The Morgan fingerprint density at radius 1 is 1.00 bits per heavy atom. The van der Waals surface area contributed by atoms with Gasteiger partial charge in [-0.1, -0.05) is 6.07 Å². The highest BCUT2D eigenvalue weighted by molar-refractivity contribution is 7.12. The molecule has 0 atom stereocenters. The fraction of sp³-hybridized carbons (Fsp3) is 0.353. The predicted octanol–water partition coefficient (Wildman–Crippen LogP) is 4.18.